The summed E-state index contributed by atoms with van der Waals surface area (Å²) in [5.41, 5.74) is -0.851. The summed E-state index contributed by atoms with van der Waals surface area (Å²) < 4.78 is 5.59. The van der Waals surface area contributed by atoms with Gasteiger partial charge in [-0.05, 0) is 57.0 Å². The maximum absolute atomic E-state index is 13.3. The first-order chi connectivity index (χ1) is 14.3. The van der Waals surface area contributed by atoms with E-state index in [0.29, 0.717) is 21.2 Å². The summed E-state index contributed by atoms with van der Waals surface area (Å²) in [6.07, 6.45) is 1.20. The maximum Gasteiger partial charge on any atom is 0.326 e. The average Bonchev–Trinajstić information content (AvgIpc) is 3.28. The number of halogens is 2. The lowest BCUT2D eigenvalue weighted by Crippen LogP contribution is -2.37. The van der Waals surface area contributed by atoms with Gasteiger partial charge in [-0.1, -0.05) is 23.7 Å². The van der Waals surface area contributed by atoms with Crippen LogP contribution in [0.25, 0.3) is 0 Å². The number of nitrogens with zero attached hydrogens (tertiary/aromatic N) is 1. The van der Waals surface area contributed by atoms with E-state index >= 15 is 0 Å². The van der Waals surface area contributed by atoms with Gasteiger partial charge in [-0.2, -0.15) is 11.3 Å². The Bertz CT molecular complexity index is 1030. The van der Waals surface area contributed by atoms with Gasteiger partial charge in [-0.25, -0.2) is 0 Å². The van der Waals surface area contributed by atoms with E-state index < -0.39 is 22.6 Å². The molecule has 2 heterocycles. The molecule has 2 atom stereocenters. The number of hydrogen-bond acceptors (Lipinski definition) is 7. The first-order valence-electron chi connectivity index (χ1n) is 8.74. The number of carbonyl (C=O) groups is 2. The summed E-state index contributed by atoms with van der Waals surface area (Å²) >= 11 is 11.9. The quantitative estimate of drug-likeness (QED) is 0.250. The minimum Gasteiger partial charge on any atom is -0.468 e. The standard InChI is InChI=1S/C21H17BrClNO4S2/c1-28-20(26)19(30-17-5-3-2-4-15(17)23)16(25)10-21(27,13-8-9-29-12-13)18-7-6-14(22)11-24-18/h2-9,11-12,19,27H,10H2,1H3. The summed E-state index contributed by atoms with van der Waals surface area (Å²) in [7, 11) is 1.22. The van der Waals surface area contributed by atoms with Crippen molar-refractivity contribution in [3.63, 3.8) is 0 Å². The van der Waals surface area contributed by atoms with Crippen LogP contribution in [-0.4, -0.2) is 34.2 Å². The monoisotopic (exact) mass is 525 g/mol. The number of methoxy groups -OCH3 is 1. The lowest BCUT2D eigenvalue weighted by atomic mass is 9.86. The molecule has 0 saturated carbocycles. The lowest BCUT2D eigenvalue weighted by molar-refractivity contribution is -0.143. The van der Waals surface area contributed by atoms with Crippen LogP contribution in [0, 0.1) is 0 Å². The molecule has 0 aliphatic rings. The summed E-state index contributed by atoms with van der Waals surface area (Å²) in [4.78, 5) is 30.5. The van der Waals surface area contributed by atoms with E-state index in [0.717, 1.165) is 16.2 Å². The molecule has 0 bridgehead atoms. The van der Waals surface area contributed by atoms with Crippen LogP contribution in [0.5, 0.6) is 0 Å². The minimum atomic E-state index is -1.69. The average molecular weight is 527 g/mol. The molecule has 156 valence electrons. The first kappa shape index (κ1) is 23.0. The molecule has 0 aliphatic carbocycles. The van der Waals surface area contributed by atoms with E-state index in [4.69, 9.17) is 16.3 Å². The summed E-state index contributed by atoms with van der Waals surface area (Å²) in [5.74, 6) is -1.20. The number of rotatable bonds is 8. The Labute approximate surface area is 195 Å². The molecular weight excluding hydrogens is 510 g/mol. The number of Topliss-reactive ketones (excluding diaryl/α,β-unsaturated/α-hetero) is 1. The zero-order valence-corrected chi connectivity index (χ0v) is 19.7. The molecule has 0 fully saturated rings. The number of aliphatic hydroxyl groups is 1. The van der Waals surface area contributed by atoms with Gasteiger partial charge in [0.1, 0.15) is 5.60 Å². The highest BCUT2D eigenvalue weighted by molar-refractivity contribution is 9.10. The van der Waals surface area contributed by atoms with Crippen molar-refractivity contribution in [3.05, 3.63) is 80.2 Å². The molecule has 0 aliphatic heterocycles. The highest BCUT2D eigenvalue weighted by Gasteiger charge is 2.40. The molecule has 0 radical (unpaired) electrons. The molecule has 2 unspecified atom stereocenters. The number of esters is 1. The van der Waals surface area contributed by atoms with Gasteiger partial charge in [-0.15, -0.1) is 11.8 Å². The molecule has 2 aromatic heterocycles. The molecule has 3 rings (SSSR count). The van der Waals surface area contributed by atoms with E-state index in [1.165, 1.54) is 18.4 Å². The van der Waals surface area contributed by atoms with Gasteiger partial charge in [0.2, 0.25) is 0 Å². The Kier molecular flexibility index (Phi) is 7.70. The van der Waals surface area contributed by atoms with E-state index in [-0.39, 0.29) is 6.42 Å². The number of benzene rings is 1. The van der Waals surface area contributed by atoms with Gasteiger partial charge in [0.15, 0.2) is 11.0 Å². The second-order valence-corrected chi connectivity index (χ2v) is 9.58. The molecule has 0 saturated heterocycles. The molecule has 1 aromatic carbocycles. The number of pyridine rings is 1. The van der Waals surface area contributed by atoms with Crippen molar-refractivity contribution in [2.45, 2.75) is 22.2 Å². The third kappa shape index (κ3) is 5.12. The van der Waals surface area contributed by atoms with E-state index in [9.17, 15) is 14.7 Å². The fourth-order valence-electron chi connectivity index (χ4n) is 2.83. The third-order valence-electron chi connectivity index (χ3n) is 4.37. The molecule has 3 aromatic rings. The highest BCUT2D eigenvalue weighted by Crippen LogP contribution is 2.37. The second-order valence-electron chi connectivity index (χ2n) is 6.33. The molecule has 1 N–H and O–H groups in total. The zero-order chi connectivity index (χ0) is 21.7. The lowest BCUT2D eigenvalue weighted by Gasteiger charge is -2.28. The number of ketones is 1. The van der Waals surface area contributed by atoms with Crippen molar-refractivity contribution in [1.82, 2.24) is 4.98 Å². The second kappa shape index (κ2) is 10.1. The van der Waals surface area contributed by atoms with Crippen molar-refractivity contribution in [2.75, 3.05) is 7.11 Å². The Morgan fingerprint density at radius 1 is 1.30 bits per heavy atom. The van der Waals surface area contributed by atoms with Crippen LogP contribution in [-0.2, 0) is 19.9 Å². The van der Waals surface area contributed by atoms with Crippen molar-refractivity contribution < 1.29 is 19.4 Å². The third-order valence-corrected chi connectivity index (χ3v) is 7.26. The Balaban J connectivity index is 1.95. The largest absolute Gasteiger partial charge is 0.468 e. The summed E-state index contributed by atoms with van der Waals surface area (Å²) in [5, 5.41) is 14.3. The number of ether oxygens (including phenoxy) is 1. The van der Waals surface area contributed by atoms with Crippen LogP contribution in [0.15, 0.2) is 68.8 Å². The van der Waals surface area contributed by atoms with Crippen LogP contribution >= 0.6 is 50.6 Å². The molecule has 9 heteroatoms. The van der Waals surface area contributed by atoms with Crippen LogP contribution < -0.4 is 0 Å². The van der Waals surface area contributed by atoms with Crippen molar-refractivity contribution >= 4 is 62.4 Å². The van der Waals surface area contributed by atoms with Crippen molar-refractivity contribution in [3.8, 4) is 0 Å². The Hall–Kier alpha value is -1.71. The van der Waals surface area contributed by atoms with Crippen LogP contribution in [0.2, 0.25) is 5.02 Å². The topological polar surface area (TPSA) is 76.5 Å². The molecule has 0 spiro atoms. The first-order valence-corrected chi connectivity index (χ1v) is 11.7. The Morgan fingerprint density at radius 3 is 2.67 bits per heavy atom. The van der Waals surface area contributed by atoms with Crippen LogP contribution in [0.4, 0.5) is 0 Å². The summed E-state index contributed by atoms with van der Waals surface area (Å²) in [6.45, 7) is 0. The van der Waals surface area contributed by atoms with E-state index in [1.54, 1.807) is 59.4 Å². The minimum absolute atomic E-state index is 0.309. The van der Waals surface area contributed by atoms with Gasteiger partial charge >= 0.3 is 5.97 Å². The van der Waals surface area contributed by atoms with Crippen molar-refractivity contribution in [1.29, 1.82) is 0 Å². The van der Waals surface area contributed by atoms with Gasteiger partial charge in [0.05, 0.1) is 17.8 Å². The molecule has 0 amide bonds. The van der Waals surface area contributed by atoms with E-state index in [1.807, 2.05) is 0 Å². The van der Waals surface area contributed by atoms with Crippen LogP contribution in [0.3, 0.4) is 0 Å². The maximum atomic E-state index is 13.3. The number of thiophene rings is 1. The SMILES string of the molecule is COC(=O)C(Sc1ccccc1Cl)C(=O)CC(O)(c1ccsc1)c1ccc(Br)cn1. The zero-order valence-electron chi connectivity index (χ0n) is 15.7. The Morgan fingerprint density at radius 2 is 2.07 bits per heavy atom. The number of aromatic nitrogens is 1. The molecule has 30 heavy (non-hydrogen) atoms. The van der Waals surface area contributed by atoms with Crippen molar-refractivity contribution in [2.24, 2.45) is 0 Å². The summed E-state index contributed by atoms with van der Waals surface area (Å²) in [6, 6.07) is 12.0. The highest BCUT2D eigenvalue weighted by atomic mass is 79.9. The predicted molar refractivity (Wildman–Crippen MR) is 122 cm³/mol. The number of hydrogen-bond donors (Lipinski definition) is 1. The van der Waals surface area contributed by atoms with Gasteiger partial charge < -0.3 is 9.84 Å². The fraction of sp³-hybridized carbons (Fsp3) is 0.190. The molecular formula is C21H17BrClNO4S2. The van der Waals surface area contributed by atoms with E-state index in [2.05, 4.69) is 20.9 Å². The smallest absolute Gasteiger partial charge is 0.326 e. The van der Waals surface area contributed by atoms with Gasteiger partial charge in [-0.3, -0.25) is 14.6 Å². The fourth-order valence-corrected chi connectivity index (χ4v) is 5.05. The predicted octanol–water partition coefficient (Wildman–Crippen LogP) is 5.09. The van der Waals surface area contributed by atoms with Crippen LogP contribution in [0.1, 0.15) is 17.7 Å². The number of carbonyl (C=O) groups excluding carboxylic acids is 2. The normalized spacial score (nSPS) is 14.0. The number of thioether (sulfide) groups is 1. The molecule has 5 nitrogen and oxygen atoms in total. The van der Waals surface area contributed by atoms with Gasteiger partial charge in [0, 0.05) is 27.5 Å². The van der Waals surface area contributed by atoms with Gasteiger partial charge in [0.25, 0.3) is 0 Å².